The number of aliphatic imine (C=N–C) groups is 1. The first-order valence-corrected chi connectivity index (χ1v) is 7.24. The largest absolute Gasteiger partial charge is 0.494 e. The number of esters is 2. The summed E-state index contributed by atoms with van der Waals surface area (Å²) < 4.78 is 15.2. The summed E-state index contributed by atoms with van der Waals surface area (Å²) in [6.45, 7) is 2.41. The van der Waals surface area contributed by atoms with Gasteiger partial charge in [0.1, 0.15) is 11.7 Å². The van der Waals surface area contributed by atoms with Gasteiger partial charge in [0.25, 0.3) is 0 Å². The maximum Gasteiger partial charge on any atom is 0.335 e. The van der Waals surface area contributed by atoms with Gasteiger partial charge in [0, 0.05) is 18.3 Å². The van der Waals surface area contributed by atoms with E-state index in [0.29, 0.717) is 17.9 Å². The van der Waals surface area contributed by atoms with Gasteiger partial charge in [-0.15, -0.1) is 0 Å². The average molecular weight is 317 g/mol. The second-order valence-corrected chi connectivity index (χ2v) is 4.91. The summed E-state index contributed by atoms with van der Waals surface area (Å²) in [7, 11) is 2.60. The van der Waals surface area contributed by atoms with E-state index in [1.54, 1.807) is 6.07 Å². The summed E-state index contributed by atoms with van der Waals surface area (Å²) in [4.78, 5) is 28.2. The zero-order chi connectivity index (χ0) is 16.8. The molecule has 2 rings (SSSR count). The molecule has 122 valence electrons. The standard InChI is InChI=1S/C17H19NO5/c1-4-23-12-7-5-6-11(8-12)15-13(16(19)21-2)9-18-10-14(15)17(20)22-3/h5-10,13,15H,4H2,1-3H3. The van der Waals surface area contributed by atoms with Crippen molar-refractivity contribution in [2.24, 2.45) is 10.9 Å². The van der Waals surface area contributed by atoms with Gasteiger partial charge in [0.15, 0.2) is 0 Å². The van der Waals surface area contributed by atoms with Gasteiger partial charge in [-0.05, 0) is 24.6 Å². The number of hydrogen-bond acceptors (Lipinski definition) is 6. The molecule has 6 nitrogen and oxygen atoms in total. The number of benzene rings is 1. The highest BCUT2D eigenvalue weighted by Gasteiger charge is 2.37. The van der Waals surface area contributed by atoms with E-state index in [9.17, 15) is 9.59 Å². The minimum absolute atomic E-state index is 0.305. The van der Waals surface area contributed by atoms with Crippen molar-refractivity contribution >= 4 is 18.2 Å². The van der Waals surface area contributed by atoms with Crippen LogP contribution in [0.25, 0.3) is 0 Å². The third-order valence-corrected chi connectivity index (χ3v) is 3.58. The second kappa shape index (κ2) is 7.58. The van der Waals surface area contributed by atoms with Gasteiger partial charge < -0.3 is 14.2 Å². The van der Waals surface area contributed by atoms with E-state index in [0.717, 1.165) is 5.56 Å². The number of carbonyl (C=O) groups is 2. The molecule has 0 fully saturated rings. The van der Waals surface area contributed by atoms with Gasteiger partial charge in [-0.2, -0.15) is 0 Å². The second-order valence-electron chi connectivity index (χ2n) is 4.91. The fourth-order valence-corrected chi connectivity index (χ4v) is 2.56. The quantitative estimate of drug-likeness (QED) is 0.778. The van der Waals surface area contributed by atoms with E-state index in [1.807, 2.05) is 25.1 Å². The summed E-state index contributed by atoms with van der Waals surface area (Å²) in [5.74, 6) is -1.55. The van der Waals surface area contributed by atoms with Gasteiger partial charge >= 0.3 is 11.9 Å². The number of methoxy groups -OCH3 is 2. The summed E-state index contributed by atoms with van der Waals surface area (Å²) in [5.41, 5.74) is 1.06. The number of rotatable bonds is 5. The Morgan fingerprint density at radius 1 is 1.22 bits per heavy atom. The summed E-state index contributed by atoms with van der Waals surface area (Å²) in [5, 5.41) is 0. The van der Waals surface area contributed by atoms with Crippen LogP contribution in [0.5, 0.6) is 5.75 Å². The van der Waals surface area contributed by atoms with E-state index >= 15 is 0 Å². The molecule has 2 atom stereocenters. The molecule has 0 bridgehead atoms. The molecule has 0 aromatic heterocycles. The van der Waals surface area contributed by atoms with Crippen molar-refractivity contribution in [1.82, 2.24) is 0 Å². The third kappa shape index (κ3) is 3.59. The Morgan fingerprint density at radius 3 is 2.65 bits per heavy atom. The van der Waals surface area contributed by atoms with Crippen molar-refractivity contribution in [2.75, 3.05) is 20.8 Å². The Morgan fingerprint density at radius 2 is 2.00 bits per heavy atom. The highest BCUT2D eigenvalue weighted by Crippen LogP contribution is 2.36. The molecule has 0 spiro atoms. The topological polar surface area (TPSA) is 74.2 Å². The molecule has 1 heterocycles. The predicted molar refractivity (Wildman–Crippen MR) is 84.4 cm³/mol. The van der Waals surface area contributed by atoms with Crippen molar-refractivity contribution in [2.45, 2.75) is 12.8 Å². The van der Waals surface area contributed by atoms with Crippen LogP contribution >= 0.6 is 0 Å². The molecule has 1 aromatic rings. The monoisotopic (exact) mass is 317 g/mol. The van der Waals surface area contributed by atoms with Crippen LogP contribution in [-0.2, 0) is 19.1 Å². The molecule has 0 saturated heterocycles. The molecule has 1 aromatic carbocycles. The number of nitrogens with zero attached hydrogens (tertiary/aromatic N) is 1. The highest BCUT2D eigenvalue weighted by molar-refractivity contribution is 5.99. The van der Waals surface area contributed by atoms with E-state index in [2.05, 4.69) is 4.99 Å². The fourth-order valence-electron chi connectivity index (χ4n) is 2.56. The van der Waals surface area contributed by atoms with Gasteiger partial charge in [-0.25, -0.2) is 4.79 Å². The Kier molecular flexibility index (Phi) is 5.51. The van der Waals surface area contributed by atoms with Crippen LogP contribution in [0.3, 0.4) is 0 Å². The lowest BCUT2D eigenvalue weighted by Gasteiger charge is -2.26. The first kappa shape index (κ1) is 16.7. The van der Waals surface area contributed by atoms with Crippen molar-refractivity contribution in [3.63, 3.8) is 0 Å². The SMILES string of the molecule is CCOc1cccc(C2C(C(=O)OC)=CN=CC2C(=O)OC)c1. The van der Waals surface area contributed by atoms with Crippen molar-refractivity contribution in [3.05, 3.63) is 41.6 Å². The van der Waals surface area contributed by atoms with Crippen LogP contribution in [-0.4, -0.2) is 39.0 Å². The molecule has 0 aliphatic carbocycles. The zero-order valence-electron chi connectivity index (χ0n) is 13.3. The maximum atomic E-state index is 12.1. The smallest absolute Gasteiger partial charge is 0.335 e. The van der Waals surface area contributed by atoms with E-state index in [-0.39, 0.29) is 0 Å². The molecule has 0 amide bonds. The molecular formula is C17H19NO5. The van der Waals surface area contributed by atoms with Crippen LogP contribution in [0.4, 0.5) is 0 Å². The molecule has 1 aliphatic heterocycles. The predicted octanol–water partition coefficient (Wildman–Crippen LogP) is 2.10. The molecule has 23 heavy (non-hydrogen) atoms. The van der Waals surface area contributed by atoms with Gasteiger partial charge in [-0.1, -0.05) is 12.1 Å². The molecule has 0 radical (unpaired) electrons. The first-order chi connectivity index (χ1) is 11.1. The molecule has 1 aliphatic rings. The van der Waals surface area contributed by atoms with Gasteiger partial charge in [0.2, 0.25) is 0 Å². The fraction of sp³-hybridized carbons (Fsp3) is 0.353. The first-order valence-electron chi connectivity index (χ1n) is 7.24. The van der Waals surface area contributed by atoms with Crippen molar-refractivity contribution in [3.8, 4) is 5.75 Å². The van der Waals surface area contributed by atoms with Crippen molar-refractivity contribution in [1.29, 1.82) is 0 Å². The normalized spacial score (nSPS) is 19.7. The Balaban J connectivity index is 2.48. The minimum atomic E-state index is -0.698. The van der Waals surface area contributed by atoms with Crippen LogP contribution in [0.2, 0.25) is 0 Å². The van der Waals surface area contributed by atoms with Crippen LogP contribution in [0.1, 0.15) is 18.4 Å². The van der Waals surface area contributed by atoms with Crippen molar-refractivity contribution < 1.29 is 23.8 Å². The van der Waals surface area contributed by atoms with Crippen LogP contribution < -0.4 is 4.74 Å². The van der Waals surface area contributed by atoms with Gasteiger partial charge in [-0.3, -0.25) is 9.79 Å². The van der Waals surface area contributed by atoms with E-state index < -0.39 is 23.8 Å². The van der Waals surface area contributed by atoms with E-state index in [4.69, 9.17) is 14.2 Å². The average Bonchev–Trinajstić information content (AvgIpc) is 2.60. The Hall–Kier alpha value is -2.63. The molecular weight excluding hydrogens is 298 g/mol. The Labute approximate surface area is 134 Å². The molecule has 0 saturated carbocycles. The van der Waals surface area contributed by atoms with E-state index in [1.165, 1.54) is 26.6 Å². The summed E-state index contributed by atoms with van der Waals surface area (Å²) in [6, 6.07) is 7.27. The molecule has 6 heteroatoms. The number of hydrogen-bond donors (Lipinski definition) is 0. The van der Waals surface area contributed by atoms with Crippen LogP contribution in [0, 0.1) is 5.92 Å². The lowest BCUT2D eigenvalue weighted by molar-refractivity contribution is -0.143. The third-order valence-electron chi connectivity index (χ3n) is 3.58. The lowest BCUT2D eigenvalue weighted by atomic mass is 9.80. The van der Waals surface area contributed by atoms with Gasteiger partial charge in [0.05, 0.1) is 26.4 Å². The minimum Gasteiger partial charge on any atom is -0.494 e. The molecule has 0 N–H and O–H groups in total. The number of carbonyl (C=O) groups excluding carboxylic acids is 2. The lowest BCUT2D eigenvalue weighted by Crippen LogP contribution is -2.31. The van der Waals surface area contributed by atoms with Crippen LogP contribution in [0.15, 0.2) is 41.0 Å². The number of ether oxygens (including phenoxy) is 3. The summed E-state index contributed by atoms with van der Waals surface area (Å²) in [6.07, 6.45) is 2.90. The summed E-state index contributed by atoms with van der Waals surface area (Å²) >= 11 is 0. The molecule has 2 unspecified atom stereocenters. The highest BCUT2D eigenvalue weighted by atomic mass is 16.5. The zero-order valence-corrected chi connectivity index (χ0v) is 13.3. The Bertz CT molecular complexity index is 650. The maximum absolute atomic E-state index is 12.1.